The summed E-state index contributed by atoms with van der Waals surface area (Å²) in [4.78, 5) is 0. The zero-order valence-corrected chi connectivity index (χ0v) is 18.7. The lowest BCUT2D eigenvalue weighted by Gasteiger charge is -2.55. The summed E-state index contributed by atoms with van der Waals surface area (Å²) in [5.74, 6) is 5.66. The summed E-state index contributed by atoms with van der Waals surface area (Å²) in [6.07, 6.45) is 14.0. The molecule has 0 aromatic rings. The Kier molecular flexibility index (Phi) is 4.37. The molecule has 3 saturated carbocycles. The summed E-state index contributed by atoms with van der Waals surface area (Å²) < 4.78 is 6.93. The SMILES string of the molecule is C[C@@H]1CC[C@]2(NC1)O[C@@H]1C[C@H]3[C@H]4CC=C5C[C@H](O)CC[C@@]5(C)[C@@H]4CC[C@@H]3[C@H]1[C@H]2C. The first kappa shape index (κ1) is 19.3. The largest absolute Gasteiger partial charge is 0.393 e. The lowest BCUT2D eigenvalue weighted by molar-refractivity contribution is -0.110. The maximum atomic E-state index is 10.2. The fraction of sp³-hybridized carbons (Fsp3) is 0.923. The number of fused-ring (bicyclic) bond motifs is 7. The maximum Gasteiger partial charge on any atom is 0.122 e. The van der Waals surface area contributed by atoms with Gasteiger partial charge in [-0.3, -0.25) is 5.32 Å². The summed E-state index contributed by atoms with van der Waals surface area (Å²) in [6, 6.07) is 0. The minimum atomic E-state index is -0.0933. The van der Waals surface area contributed by atoms with Gasteiger partial charge in [0.2, 0.25) is 0 Å². The van der Waals surface area contributed by atoms with Gasteiger partial charge in [-0.05, 0) is 98.7 Å². The molecular formula is C26H41NO2. The van der Waals surface area contributed by atoms with Crippen LogP contribution >= 0.6 is 0 Å². The van der Waals surface area contributed by atoms with E-state index >= 15 is 0 Å². The molecule has 2 saturated heterocycles. The van der Waals surface area contributed by atoms with Crippen LogP contribution in [0.2, 0.25) is 0 Å². The summed E-state index contributed by atoms with van der Waals surface area (Å²) >= 11 is 0. The fourth-order valence-corrected chi connectivity index (χ4v) is 9.30. The van der Waals surface area contributed by atoms with E-state index in [2.05, 4.69) is 32.2 Å². The molecule has 0 radical (unpaired) electrons. The molecule has 162 valence electrons. The van der Waals surface area contributed by atoms with E-state index in [0.717, 1.165) is 54.9 Å². The van der Waals surface area contributed by atoms with Gasteiger partial charge in [-0.1, -0.05) is 32.4 Å². The highest BCUT2D eigenvalue weighted by atomic mass is 16.5. The van der Waals surface area contributed by atoms with E-state index in [4.69, 9.17) is 4.74 Å². The van der Waals surface area contributed by atoms with Gasteiger partial charge >= 0.3 is 0 Å². The van der Waals surface area contributed by atoms with Gasteiger partial charge in [-0.2, -0.15) is 0 Å². The number of ether oxygens (including phenoxy) is 1. The molecule has 3 nitrogen and oxygen atoms in total. The molecule has 0 unspecified atom stereocenters. The Morgan fingerprint density at radius 3 is 2.72 bits per heavy atom. The molecule has 11 atom stereocenters. The molecular weight excluding hydrogens is 358 g/mol. The Bertz CT molecular complexity index is 695. The van der Waals surface area contributed by atoms with Crippen LogP contribution in [0.25, 0.3) is 0 Å². The van der Waals surface area contributed by atoms with E-state index in [-0.39, 0.29) is 11.8 Å². The molecule has 29 heavy (non-hydrogen) atoms. The average Bonchev–Trinajstić information content (AvgIpc) is 3.19. The van der Waals surface area contributed by atoms with Crippen molar-refractivity contribution >= 4 is 0 Å². The van der Waals surface area contributed by atoms with Crippen molar-refractivity contribution in [3.05, 3.63) is 11.6 Å². The molecule has 6 rings (SSSR count). The Morgan fingerprint density at radius 1 is 1.07 bits per heavy atom. The summed E-state index contributed by atoms with van der Waals surface area (Å²) in [7, 11) is 0. The maximum absolute atomic E-state index is 10.2. The minimum Gasteiger partial charge on any atom is -0.393 e. The summed E-state index contributed by atoms with van der Waals surface area (Å²) in [5.41, 5.74) is 1.94. The molecule has 0 aromatic heterocycles. The molecule has 0 amide bonds. The van der Waals surface area contributed by atoms with E-state index in [0.29, 0.717) is 17.4 Å². The third kappa shape index (κ3) is 2.66. The Hall–Kier alpha value is -0.380. The van der Waals surface area contributed by atoms with Crippen molar-refractivity contribution in [2.45, 2.75) is 96.5 Å². The number of aliphatic hydroxyl groups is 1. The normalized spacial score (nSPS) is 58.9. The van der Waals surface area contributed by atoms with E-state index in [1.807, 2.05) is 0 Å². The van der Waals surface area contributed by atoms with Crippen LogP contribution in [0.15, 0.2) is 11.6 Å². The van der Waals surface area contributed by atoms with E-state index in [1.165, 1.54) is 44.9 Å². The Labute approximate surface area is 177 Å². The molecule has 1 spiro atoms. The highest BCUT2D eigenvalue weighted by Crippen LogP contribution is 2.65. The second kappa shape index (κ2) is 6.56. The van der Waals surface area contributed by atoms with Crippen LogP contribution in [0.4, 0.5) is 0 Å². The Balaban J connectivity index is 1.24. The molecule has 2 aliphatic heterocycles. The second-order valence-corrected chi connectivity index (χ2v) is 12.1. The van der Waals surface area contributed by atoms with Crippen molar-refractivity contribution in [2.75, 3.05) is 6.54 Å². The predicted molar refractivity (Wildman–Crippen MR) is 115 cm³/mol. The van der Waals surface area contributed by atoms with Crippen LogP contribution in [0.3, 0.4) is 0 Å². The van der Waals surface area contributed by atoms with Gasteiger partial charge in [0.05, 0.1) is 12.2 Å². The molecule has 0 aromatic carbocycles. The number of nitrogens with one attached hydrogen (secondary N) is 1. The van der Waals surface area contributed by atoms with Crippen LogP contribution < -0.4 is 5.32 Å². The number of hydrogen-bond donors (Lipinski definition) is 2. The third-order valence-electron chi connectivity index (χ3n) is 10.9. The van der Waals surface area contributed by atoms with Gasteiger partial charge in [-0.25, -0.2) is 0 Å². The van der Waals surface area contributed by atoms with Gasteiger partial charge in [0.1, 0.15) is 5.72 Å². The van der Waals surface area contributed by atoms with Crippen molar-refractivity contribution in [3.8, 4) is 0 Å². The van der Waals surface area contributed by atoms with Gasteiger partial charge in [0, 0.05) is 12.5 Å². The van der Waals surface area contributed by atoms with Crippen molar-refractivity contribution in [1.82, 2.24) is 5.32 Å². The quantitative estimate of drug-likeness (QED) is 0.570. The standard InChI is InChI=1S/C26H41NO2/c1-15-8-11-26(27-14-15)16(2)24-20-6-7-22-19(21(20)13-23(24)29-26)5-4-17-12-18(28)9-10-25(17,22)3/h4,15-16,18-24,27-28H,5-14H2,1-3H3/t15-,16-,18-,19-,20+,21+,22-,23-,24-,25-,26+/m1/s1. The van der Waals surface area contributed by atoms with Gasteiger partial charge in [0.15, 0.2) is 0 Å². The zero-order chi connectivity index (χ0) is 20.0. The van der Waals surface area contributed by atoms with Crippen molar-refractivity contribution in [3.63, 3.8) is 0 Å². The number of piperidine rings is 1. The molecule has 2 N–H and O–H groups in total. The topological polar surface area (TPSA) is 41.5 Å². The number of allylic oxidation sites excluding steroid dienone is 1. The van der Waals surface area contributed by atoms with Crippen LogP contribution in [-0.4, -0.2) is 29.6 Å². The average molecular weight is 400 g/mol. The van der Waals surface area contributed by atoms with E-state index < -0.39 is 0 Å². The first-order valence-electron chi connectivity index (χ1n) is 12.7. The van der Waals surface area contributed by atoms with E-state index in [1.54, 1.807) is 5.57 Å². The summed E-state index contributed by atoms with van der Waals surface area (Å²) in [6.45, 7) is 8.54. The van der Waals surface area contributed by atoms with Gasteiger partial charge < -0.3 is 9.84 Å². The minimum absolute atomic E-state index is 0.0191. The Morgan fingerprint density at radius 2 is 1.93 bits per heavy atom. The molecule has 6 aliphatic rings. The van der Waals surface area contributed by atoms with Crippen LogP contribution in [-0.2, 0) is 4.74 Å². The summed E-state index contributed by atoms with van der Waals surface area (Å²) in [5, 5.41) is 14.1. The number of aliphatic hydroxyl groups excluding tert-OH is 1. The van der Waals surface area contributed by atoms with E-state index in [9.17, 15) is 5.11 Å². The molecule has 4 aliphatic carbocycles. The molecule has 3 heteroatoms. The van der Waals surface area contributed by atoms with Crippen molar-refractivity contribution in [2.24, 2.45) is 46.8 Å². The lowest BCUT2D eigenvalue weighted by Crippen LogP contribution is -2.55. The van der Waals surface area contributed by atoms with Crippen LogP contribution in [0.1, 0.15) is 78.6 Å². The number of hydrogen-bond acceptors (Lipinski definition) is 3. The van der Waals surface area contributed by atoms with Crippen molar-refractivity contribution < 1.29 is 9.84 Å². The molecule has 5 fully saturated rings. The zero-order valence-electron chi connectivity index (χ0n) is 18.7. The molecule has 0 bridgehead atoms. The predicted octanol–water partition coefficient (Wildman–Crippen LogP) is 4.90. The smallest absolute Gasteiger partial charge is 0.122 e. The molecule has 2 heterocycles. The lowest BCUT2D eigenvalue weighted by atomic mass is 9.50. The van der Waals surface area contributed by atoms with Crippen LogP contribution in [0.5, 0.6) is 0 Å². The monoisotopic (exact) mass is 399 g/mol. The highest BCUT2D eigenvalue weighted by molar-refractivity contribution is 5.25. The van der Waals surface area contributed by atoms with Gasteiger partial charge in [-0.15, -0.1) is 0 Å². The highest BCUT2D eigenvalue weighted by Gasteiger charge is 2.63. The fourth-order valence-electron chi connectivity index (χ4n) is 9.30. The third-order valence-corrected chi connectivity index (χ3v) is 10.9. The first-order valence-corrected chi connectivity index (χ1v) is 12.7. The first-order chi connectivity index (χ1) is 13.9. The van der Waals surface area contributed by atoms with Crippen LogP contribution in [0, 0.1) is 46.8 Å². The van der Waals surface area contributed by atoms with Gasteiger partial charge in [0.25, 0.3) is 0 Å². The van der Waals surface area contributed by atoms with Crippen molar-refractivity contribution in [1.29, 1.82) is 0 Å². The number of rotatable bonds is 0. The second-order valence-electron chi connectivity index (χ2n) is 12.1.